The van der Waals surface area contributed by atoms with Crippen molar-refractivity contribution in [1.82, 2.24) is 9.47 Å². The molecule has 0 saturated carbocycles. The first kappa shape index (κ1) is 22.9. The smallest absolute Gasteiger partial charge is 0.326 e. The summed E-state index contributed by atoms with van der Waals surface area (Å²) in [5.74, 6) is -1.44. The van der Waals surface area contributed by atoms with Gasteiger partial charge in [-0.2, -0.15) is 4.99 Å². The van der Waals surface area contributed by atoms with E-state index in [2.05, 4.69) is 4.99 Å². The minimum absolute atomic E-state index is 0.0175. The lowest BCUT2D eigenvalue weighted by atomic mass is 10.1. The van der Waals surface area contributed by atoms with Crippen LogP contribution in [-0.2, 0) is 4.79 Å². The molecule has 1 aromatic heterocycles. The maximum atomic E-state index is 13.0. The minimum atomic E-state index is -0.991. The van der Waals surface area contributed by atoms with Gasteiger partial charge < -0.3 is 14.6 Å². The largest absolute Gasteiger partial charge is 0.480 e. The highest BCUT2D eigenvalue weighted by Crippen LogP contribution is 2.25. The van der Waals surface area contributed by atoms with Crippen LogP contribution >= 0.6 is 11.3 Å². The van der Waals surface area contributed by atoms with E-state index in [9.17, 15) is 19.5 Å². The molecule has 2 amide bonds. The van der Waals surface area contributed by atoms with E-state index in [4.69, 9.17) is 0 Å². The van der Waals surface area contributed by atoms with Crippen LogP contribution in [0.15, 0.2) is 47.5 Å². The van der Waals surface area contributed by atoms with Gasteiger partial charge in [0.05, 0.1) is 10.2 Å². The number of carboxylic acids is 1. The molecule has 0 bridgehead atoms. The summed E-state index contributed by atoms with van der Waals surface area (Å²) < 4.78 is 2.33. The van der Waals surface area contributed by atoms with Crippen LogP contribution in [-0.4, -0.2) is 45.4 Å². The van der Waals surface area contributed by atoms with E-state index in [1.54, 1.807) is 41.8 Å². The fourth-order valence-corrected chi connectivity index (χ4v) is 5.26. The number of thiazole rings is 1. The Morgan fingerprint density at radius 2 is 1.70 bits per heavy atom. The molecule has 1 N–H and O–H groups in total. The zero-order valence-corrected chi connectivity index (χ0v) is 19.6. The maximum Gasteiger partial charge on any atom is 0.326 e. The topological polar surface area (TPSA) is 92.0 Å². The Kier molecular flexibility index (Phi) is 6.74. The molecular weight excluding hydrogens is 438 g/mol. The highest BCUT2D eigenvalue weighted by Gasteiger charge is 2.24. The van der Waals surface area contributed by atoms with Gasteiger partial charge in [0, 0.05) is 24.2 Å². The van der Waals surface area contributed by atoms with Gasteiger partial charge >= 0.3 is 5.97 Å². The number of benzene rings is 2. The Labute approximate surface area is 196 Å². The summed E-state index contributed by atoms with van der Waals surface area (Å²) in [6.07, 6.45) is 3.49. The number of aryl methyl sites for hydroxylation is 1. The van der Waals surface area contributed by atoms with Gasteiger partial charge in [0.25, 0.3) is 11.8 Å². The van der Waals surface area contributed by atoms with Gasteiger partial charge in [0.15, 0.2) is 4.80 Å². The summed E-state index contributed by atoms with van der Waals surface area (Å²) in [4.78, 5) is 44.3. The summed E-state index contributed by atoms with van der Waals surface area (Å²) in [6.45, 7) is 5.23. The van der Waals surface area contributed by atoms with Gasteiger partial charge in [-0.25, -0.2) is 4.79 Å². The Bertz CT molecular complexity index is 1270. The highest BCUT2D eigenvalue weighted by atomic mass is 32.1. The SMILES string of the molecule is CCC(C(=O)O)n1/c(=N/C(=O)c2ccc(C)cc2)sc2cc(C(=O)N3CCCCC3)ccc21. The average Bonchev–Trinajstić information content (AvgIpc) is 3.16. The molecule has 2 heterocycles. The normalized spacial score (nSPS) is 15.6. The third-order valence-electron chi connectivity index (χ3n) is 6.00. The van der Waals surface area contributed by atoms with Crippen LogP contribution in [0.4, 0.5) is 0 Å². The third-order valence-corrected chi connectivity index (χ3v) is 7.01. The van der Waals surface area contributed by atoms with Crippen molar-refractivity contribution in [1.29, 1.82) is 0 Å². The number of aliphatic carboxylic acids is 1. The maximum absolute atomic E-state index is 13.0. The molecule has 172 valence electrons. The second kappa shape index (κ2) is 9.70. The molecule has 1 saturated heterocycles. The fourth-order valence-electron chi connectivity index (χ4n) is 4.15. The predicted molar refractivity (Wildman–Crippen MR) is 128 cm³/mol. The number of carbonyl (C=O) groups excluding carboxylic acids is 2. The van der Waals surface area contributed by atoms with Crippen molar-refractivity contribution in [2.45, 2.75) is 45.6 Å². The number of hydrogen-bond donors (Lipinski definition) is 1. The number of rotatable bonds is 5. The number of aromatic nitrogens is 1. The van der Waals surface area contributed by atoms with Gasteiger partial charge in [0.1, 0.15) is 6.04 Å². The van der Waals surface area contributed by atoms with E-state index in [1.165, 1.54) is 11.3 Å². The zero-order valence-electron chi connectivity index (χ0n) is 18.8. The molecule has 1 fully saturated rings. The van der Waals surface area contributed by atoms with Gasteiger partial charge in [-0.1, -0.05) is 36.0 Å². The summed E-state index contributed by atoms with van der Waals surface area (Å²) in [5.41, 5.74) is 2.69. The molecule has 3 aromatic rings. The van der Waals surface area contributed by atoms with Crippen molar-refractivity contribution in [3.63, 3.8) is 0 Å². The monoisotopic (exact) mass is 465 g/mol. The van der Waals surface area contributed by atoms with Crippen LogP contribution in [0.25, 0.3) is 10.2 Å². The van der Waals surface area contributed by atoms with E-state index >= 15 is 0 Å². The number of piperidine rings is 1. The van der Waals surface area contributed by atoms with Crippen LogP contribution < -0.4 is 4.80 Å². The van der Waals surface area contributed by atoms with E-state index in [0.29, 0.717) is 27.9 Å². The number of fused-ring (bicyclic) bond motifs is 1. The first-order valence-electron chi connectivity index (χ1n) is 11.2. The Balaban J connectivity index is 1.81. The van der Waals surface area contributed by atoms with Crippen LogP contribution in [0, 0.1) is 6.92 Å². The number of hydrogen-bond acceptors (Lipinski definition) is 4. The van der Waals surface area contributed by atoms with Crippen molar-refractivity contribution in [3.8, 4) is 0 Å². The molecule has 0 aliphatic carbocycles. The first-order chi connectivity index (χ1) is 15.9. The lowest BCUT2D eigenvalue weighted by Gasteiger charge is -2.26. The van der Waals surface area contributed by atoms with Crippen molar-refractivity contribution in [2.75, 3.05) is 13.1 Å². The van der Waals surface area contributed by atoms with E-state index < -0.39 is 17.9 Å². The summed E-state index contributed by atoms with van der Waals surface area (Å²) in [6, 6.07) is 11.5. The lowest BCUT2D eigenvalue weighted by Crippen LogP contribution is -2.35. The van der Waals surface area contributed by atoms with E-state index in [1.807, 2.05) is 24.0 Å². The molecule has 1 aliphatic rings. The van der Waals surface area contributed by atoms with Gasteiger partial charge in [-0.05, 0) is 62.9 Å². The fraction of sp³-hybridized carbons (Fsp3) is 0.360. The molecule has 1 atom stereocenters. The molecule has 0 radical (unpaired) electrons. The number of carboxylic acid groups (broad SMARTS) is 1. The van der Waals surface area contributed by atoms with Crippen molar-refractivity contribution >= 4 is 39.3 Å². The number of amides is 2. The quantitative estimate of drug-likeness (QED) is 0.604. The van der Waals surface area contributed by atoms with E-state index in [0.717, 1.165) is 42.6 Å². The molecular formula is C25H27N3O4S. The van der Waals surface area contributed by atoms with E-state index in [-0.39, 0.29) is 5.91 Å². The number of carbonyl (C=O) groups is 3. The van der Waals surface area contributed by atoms with Gasteiger partial charge in [-0.15, -0.1) is 0 Å². The average molecular weight is 466 g/mol. The van der Waals surface area contributed by atoms with Gasteiger partial charge in [0.2, 0.25) is 0 Å². The minimum Gasteiger partial charge on any atom is -0.480 e. The van der Waals surface area contributed by atoms with Gasteiger partial charge in [-0.3, -0.25) is 9.59 Å². The molecule has 2 aromatic carbocycles. The summed E-state index contributed by atoms with van der Waals surface area (Å²) >= 11 is 1.23. The van der Waals surface area contributed by atoms with Crippen LogP contribution in [0.5, 0.6) is 0 Å². The molecule has 33 heavy (non-hydrogen) atoms. The van der Waals surface area contributed by atoms with Crippen molar-refractivity contribution in [3.05, 3.63) is 64.0 Å². The van der Waals surface area contributed by atoms with Crippen LogP contribution in [0.3, 0.4) is 0 Å². The predicted octanol–water partition coefficient (Wildman–Crippen LogP) is 4.41. The lowest BCUT2D eigenvalue weighted by molar-refractivity contribution is -0.140. The standard InChI is InChI=1S/C25H27N3O4S/c1-3-19(24(31)32)28-20-12-11-18(23(30)27-13-5-4-6-14-27)15-21(20)33-25(28)26-22(29)17-9-7-16(2)8-10-17/h7-12,15,19H,3-6,13-14H2,1-2H3,(H,31,32)/b26-25-. The Hall–Kier alpha value is -3.26. The molecule has 4 rings (SSSR count). The third kappa shape index (κ3) is 4.75. The van der Waals surface area contributed by atoms with Crippen molar-refractivity contribution in [2.24, 2.45) is 4.99 Å². The van der Waals surface area contributed by atoms with Crippen molar-refractivity contribution < 1.29 is 19.5 Å². The Morgan fingerprint density at radius 1 is 1.03 bits per heavy atom. The molecule has 1 aliphatic heterocycles. The number of likely N-dealkylation sites (tertiary alicyclic amines) is 1. The first-order valence-corrected chi connectivity index (χ1v) is 12.0. The number of nitrogens with zero attached hydrogens (tertiary/aromatic N) is 3. The zero-order chi connectivity index (χ0) is 23.5. The molecule has 8 heteroatoms. The van der Waals surface area contributed by atoms with Crippen LogP contribution in [0.1, 0.15) is 64.9 Å². The molecule has 0 spiro atoms. The molecule has 1 unspecified atom stereocenters. The van der Waals surface area contributed by atoms with Crippen LogP contribution in [0.2, 0.25) is 0 Å². The summed E-state index contributed by atoms with van der Waals surface area (Å²) in [5, 5.41) is 9.82. The summed E-state index contributed by atoms with van der Waals surface area (Å²) in [7, 11) is 0. The Morgan fingerprint density at radius 3 is 2.33 bits per heavy atom. The molecule has 7 nitrogen and oxygen atoms in total. The highest BCUT2D eigenvalue weighted by molar-refractivity contribution is 7.16. The second-order valence-electron chi connectivity index (χ2n) is 8.34. The second-order valence-corrected chi connectivity index (χ2v) is 9.34.